The summed E-state index contributed by atoms with van der Waals surface area (Å²) in [5.74, 6) is 1.57. The Bertz CT molecular complexity index is 1070. The van der Waals surface area contributed by atoms with Gasteiger partial charge in [0.05, 0.1) is 12.7 Å². The van der Waals surface area contributed by atoms with Gasteiger partial charge in [0.2, 0.25) is 0 Å². The Morgan fingerprint density at radius 3 is 2.36 bits per heavy atom. The molecule has 1 heterocycles. The molecule has 0 fully saturated rings. The van der Waals surface area contributed by atoms with Crippen LogP contribution < -0.4 is 4.74 Å². The number of rotatable bonds is 11. The van der Waals surface area contributed by atoms with Crippen molar-refractivity contribution in [1.82, 2.24) is 4.90 Å². The number of halogens is 3. The van der Waals surface area contributed by atoms with E-state index in [2.05, 4.69) is 70.9 Å². The molecule has 0 spiro atoms. The van der Waals surface area contributed by atoms with Gasteiger partial charge in [-0.15, -0.1) is 12.4 Å². The molecule has 3 rings (SSSR count). The summed E-state index contributed by atoms with van der Waals surface area (Å²) in [7, 11) is 0. The van der Waals surface area contributed by atoms with Gasteiger partial charge in [0.1, 0.15) is 29.4 Å². The minimum Gasteiger partial charge on any atom is -0.508 e. The van der Waals surface area contributed by atoms with Crippen LogP contribution in [0.1, 0.15) is 55.3 Å². The lowest BCUT2D eigenvalue weighted by atomic mass is 9.98. The van der Waals surface area contributed by atoms with E-state index in [0.717, 1.165) is 50.8 Å². The number of ketones is 1. The molecule has 2 aromatic carbocycles. The average Bonchev–Trinajstić information content (AvgIpc) is 3.13. The summed E-state index contributed by atoms with van der Waals surface area (Å²) in [6.07, 6.45) is 2.62. The molecule has 0 atom stereocenters. The first-order valence-electron chi connectivity index (χ1n) is 11.0. The van der Waals surface area contributed by atoms with Crippen LogP contribution in [0.2, 0.25) is 0 Å². The van der Waals surface area contributed by atoms with Gasteiger partial charge in [-0.2, -0.15) is 0 Å². The molecule has 5 nitrogen and oxygen atoms in total. The predicted molar refractivity (Wildman–Crippen MR) is 152 cm³/mol. The first-order valence-corrected chi connectivity index (χ1v) is 13.2. The number of carbonyl (C=O) groups is 1. The largest absolute Gasteiger partial charge is 0.508 e. The molecule has 8 heteroatoms. The molecule has 0 unspecified atom stereocenters. The van der Waals surface area contributed by atoms with Crippen molar-refractivity contribution in [3.05, 3.63) is 54.4 Å². The Labute approximate surface area is 228 Å². The summed E-state index contributed by atoms with van der Waals surface area (Å²) in [5, 5.41) is 10.6. The summed E-state index contributed by atoms with van der Waals surface area (Å²) < 4.78 is 13.9. The summed E-state index contributed by atoms with van der Waals surface area (Å²) in [6, 6.07) is 8.71. The van der Waals surface area contributed by atoms with Gasteiger partial charge in [0, 0.05) is 30.0 Å². The number of likely N-dealkylation sites (N-methyl/N-ethyl adjacent to an activating group) is 1. The van der Waals surface area contributed by atoms with Crippen molar-refractivity contribution in [3.8, 4) is 11.5 Å². The fourth-order valence-corrected chi connectivity index (χ4v) is 5.77. The molecule has 0 aliphatic heterocycles. The van der Waals surface area contributed by atoms with E-state index in [4.69, 9.17) is 9.15 Å². The van der Waals surface area contributed by atoms with Crippen molar-refractivity contribution >= 4 is 74.3 Å². The van der Waals surface area contributed by atoms with Gasteiger partial charge in [0.15, 0.2) is 5.78 Å². The van der Waals surface area contributed by atoms with Gasteiger partial charge in [-0.05, 0) is 89.0 Å². The molecular weight excluding hydrogens is 668 g/mol. The minimum absolute atomic E-state index is 0. The van der Waals surface area contributed by atoms with Crippen molar-refractivity contribution in [2.45, 2.75) is 40.0 Å². The van der Waals surface area contributed by atoms with Crippen LogP contribution in [0, 0.1) is 7.14 Å². The molecule has 0 radical (unpaired) electrons. The van der Waals surface area contributed by atoms with Gasteiger partial charge in [-0.3, -0.25) is 4.79 Å². The average molecular weight is 698 g/mol. The predicted octanol–water partition coefficient (Wildman–Crippen LogP) is 7.06. The molecule has 0 amide bonds. The number of phenolic OH excluding ortho intramolecular Hbond substituents is 1. The normalized spacial score (nSPS) is 11.1. The number of ether oxygens (including phenoxy) is 1. The van der Waals surface area contributed by atoms with Crippen molar-refractivity contribution in [3.63, 3.8) is 0 Å². The van der Waals surface area contributed by atoms with Crippen LogP contribution in [0.5, 0.6) is 11.5 Å². The molecule has 3 aromatic rings. The fraction of sp³-hybridized carbons (Fsp3) is 0.400. The Hall–Kier alpha value is -1.04. The van der Waals surface area contributed by atoms with Gasteiger partial charge in [-0.25, -0.2) is 0 Å². The molecule has 0 aliphatic carbocycles. The zero-order chi connectivity index (χ0) is 23.3. The SMILES string of the molecule is CCCCc1oc2cc(O)ccc2c1C(=O)c1cc(I)c(OCCN(CC)CC)c(I)c1.Cl. The summed E-state index contributed by atoms with van der Waals surface area (Å²) >= 11 is 4.48. The Kier molecular flexibility index (Phi) is 11.2. The van der Waals surface area contributed by atoms with E-state index in [1.165, 1.54) is 0 Å². The first kappa shape index (κ1) is 28.2. The topological polar surface area (TPSA) is 62.9 Å². The van der Waals surface area contributed by atoms with Gasteiger partial charge >= 0.3 is 0 Å². The molecule has 1 aromatic heterocycles. The second-order valence-electron chi connectivity index (χ2n) is 7.66. The summed E-state index contributed by atoms with van der Waals surface area (Å²) in [5.41, 5.74) is 1.75. The number of furan rings is 1. The number of benzene rings is 2. The molecular formula is C25H30ClI2NO4. The van der Waals surface area contributed by atoms with Crippen molar-refractivity contribution in [1.29, 1.82) is 0 Å². The monoisotopic (exact) mass is 697 g/mol. The number of hydrogen-bond acceptors (Lipinski definition) is 5. The molecule has 1 N–H and O–H groups in total. The van der Waals surface area contributed by atoms with E-state index in [1.807, 2.05) is 12.1 Å². The highest BCUT2D eigenvalue weighted by Gasteiger charge is 2.23. The third kappa shape index (κ3) is 6.76. The zero-order valence-electron chi connectivity index (χ0n) is 19.1. The van der Waals surface area contributed by atoms with Crippen molar-refractivity contribution in [2.24, 2.45) is 0 Å². The highest BCUT2D eigenvalue weighted by Crippen LogP contribution is 2.34. The molecule has 33 heavy (non-hydrogen) atoms. The number of phenols is 1. The first-order chi connectivity index (χ1) is 15.4. The van der Waals surface area contributed by atoms with Crippen LogP contribution >= 0.6 is 57.6 Å². The number of nitrogens with zero attached hydrogens (tertiary/aromatic N) is 1. The van der Waals surface area contributed by atoms with Crippen molar-refractivity contribution in [2.75, 3.05) is 26.2 Å². The van der Waals surface area contributed by atoms with Crippen LogP contribution in [0.3, 0.4) is 0 Å². The molecule has 0 aliphatic rings. The number of carbonyl (C=O) groups excluding carboxylic acids is 1. The Morgan fingerprint density at radius 1 is 1.09 bits per heavy atom. The van der Waals surface area contributed by atoms with Gasteiger partial charge in [0.25, 0.3) is 0 Å². The van der Waals surface area contributed by atoms with E-state index >= 15 is 0 Å². The molecule has 180 valence electrons. The standard InChI is InChI=1S/C25H29I2NO4.ClH/c1-4-7-8-21-23(18-10-9-17(29)15-22(18)32-21)24(30)16-13-19(26)25(20(27)14-16)31-12-11-28(5-2)6-3;/h9-10,13-15,29H,4-8,11-12H2,1-3H3;1H. The van der Waals surface area contributed by atoms with Gasteiger partial charge in [-0.1, -0.05) is 27.2 Å². The van der Waals surface area contributed by atoms with E-state index in [0.29, 0.717) is 35.5 Å². The zero-order valence-corrected chi connectivity index (χ0v) is 24.3. The third-order valence-corrected chi connectivity index (χ3v) is 7.14. The van der Waals surface area contributed by atoms with E-state index < -0.39 is 0 Å². The van der Waals surface area contributed by atoms with Crippen LogP contribution in [0.15, 0.2) is 34.7 Å². The van der Waals surface area contributed by atoms with Crippen LogP contribution in [-0.4, -0.2) is 42.0 Å². The Morgan fingerprint density at radius 2 is 1.76 bits per heavy atom. The lowest BCUT2D eigenvalue weighted by Gasteiger charge is -2.19. The lowest BCUT2D eigenvalue weighted by Crippen LogP contribution is -2.28. The quantitative estimate of drug-likeness (QED) is 0.172. The summed E-state index contributed by atoms with van der Waals surface area (Å²) in [4.78, 5) is 15.9. The molecule has 0 bridgehead atoms. The Balaban J connectivity index is 0.00000385. The minimum atomic E-state index is -0.0638. The van der Waals surface area contributed by atoms with E-state index in [1.54, 1.807) is 18.2 Å². The maximum absolute atomic E-state index is 13.6. The van der Waals surface area contributed by atoms with Crippen molar-refractivity contribution < 1.29 is 19.1 Å². The second kappa shape index (κ2) is 13.2. The molecule has 0 saturated heterocycles. The maximum atomic E-state index is 13.6. The van der Waals surface area contributed by atoms with Gasteiger partial charge < -0.3 is 19.2 Å². The van der Waals surface area contributed by atoms with Crippen LogP contribution in [0.4, 0.5) is 0 Å². The number of aryl methyl sites for hydroxylation is 1. The number of hydrogen-bond donors (Lipinski definition) is 1. The highest BCUT2D eigenvalue weighted by atomic mass is 127. The van der Waals surface area contributed by atoms with E-state index in [9.17, 15) is 9.90 Å². The second-order valence-corrected chi connectivity index (χ2v) is 9.98. The lowest BCUT2D eigenvalue weighted by molar-refractivity contribution is 0.103. The number of aromatic hydroxyl groups is 1. The third-order valence-electron chi connectivity index (χ3n) is 5.54. The van der Waals surface area contributed by atoms with Crippen LogP contribution in [0.25, 0.3) is 11.0 Å². The molecule has 0 saturated carbocycles. The number of unbranched alkanes of at least 4 members (excludes halogenated alkanes) is 1. The smallest absolute Gasteiger partial charge is 0.197 e. The highest BCUT2D eigenvalue weighted by molar-refractivity contribution is 14.1. The van der Waals surface area contributed by atoms with Crippen LogP contribution in [-0.2, 0) is 6.42 Å². The number of fused-ring (bicyclic) bond motifs is 1. The summed E-state index contributed by atoms with van der Waals surface area (Å²) in [6.45, 7) is 9.88. The maximum Gasteiger partial charge on any atom is 0.197 e. The fourth-order valence-electron chi connectivity index (χ4n) is 3.69. The van der Waals surface area contributed by atoms with E-state index in [-0.39, 0.29) is 23.9 Å².